The van der Waals surface area contributed by atoms with Crippen molar-refractivity contribution >= 4 is 0 Å². The third-order valence-electron chi connectivity index (χ3n) is 4.45. The minimum absolute atomic E-state index is 0.0349. The maximum absolute atomic E-state index is 6.19. The molecular formula is C16H34N2O3. The monoisotopic (exact) mass is 302 g/mol. The smallest absolute Gasteiger partial charge is 0.0593 e. The Labute approximate surface area is 130 Å². The lowest BCUT2D eigenvalue weighted by atomic mass is 9.84. The maximum Gasteiger partial charge on any atom is 0.0593 e. The van der Waals surface area contributed by atoms with E-state index in [0.29, 0.717) is 12.6 Å². The Morgan fingerprint density at radius 1 is 1.14 bits per heavy atom. The maximum atomic E-state index is 6.19. The second kappa shape index (κ2) is 10.5. The molecule has 5 nitrogen and oxygen atoms in total. The Bertz CT molecular complexity index is 256. The summed E-state index contributed by atoms with van der Waals surface area (Å²) in [6.07, 6.45) is 3.38. The second-order valence-corrected chi connectivity index (χ2v) is 5.66. The quantitative estimate of drug-likeness (QED) is 0.588. The normalized spacial score (nSPS) is 26.4. The summed E-state index contributed by atoms with van der Waals surface area (Å²) >= 11 is 0. The molecule has 0 aliphatic carbocycles. The molecule has 5 heteroatoms. The summed E-state index contributed by atoms with van der Waals surface area (Å²) in [4.78, 5) is 2.48. The lowest BCUT2D eigenvalue weighted by Gasteiger charge is -2.48. The molecule has 1 aliphatic heterocycles. The van der Waals surface area contributed by atoms with Gasteiger partial charge >= 0.3 is 0 Å². The molecule has 1 heterocycles. The van der Waals surface area contributed by atoms with Crippen molar-refractivity contribution in [3.8, 4) is 0 Å². The van der Waals surface area contributed by atoms with Gasteiger partial charge in [-0.05, 0) is 33.1 Å². The summed E-state index contributed by atoms with van der Waals surface area (Å²) in [7, 11) is 0. The summed E-state index contributed by atoms with van der Waals surface area (Å²) < 4.78 is 16.9. The van der Waals surface area contributed by atoms with Crippen molar-refractivity contribution in [1.29, 1.82) is 0 Å². The van der Waals surface area contributed by atoms with Crippen molar-refractivity contribution in [2.24, 2.45) is 5.73 Å². The van der Waals surface area contributed by atoms with Gasteiger partial charge in [-0.15, -0.1) is 0 Å². The van der Waals surface area contributed by atoms with Gasteiger partial charge in [-0.3, -0.25) is 4.90 Å². The average Bonchev–Trinajstić information content (AvgIpc) is 2.53. The van der Waals surface area contributed by atoms with E-state index in [1.54, 1.807) is 0 Å². The van der Waals surface area contributed by atoms with E-state index >= 15 is 0 Å². The first-order chi connectivity index (χ1) is 10.2. The first kappa shape index (κ1) is 18.8. The molecule has 126 valence electrons. The summed E-state index contributed by atoms with van der Waals surface area (Å²) in [5.41, 5.74) is 6.22. The molecule has 1 saturated heterocycles. The third-order valence-corrected chi connectivity index (χ3v) is 4.45. The Morgan fingerprint density at radius 2 is 1.76 bits per heavy atom. The second-order valence-electron chi connectivity index (χ2n) is 5.66. The van der Waals surface area contributed by atoms with Crippen molar-refractivity contribution < 1.29 is 14.2 Å². The van der Waals surface area contributed by atoms with Crippen LogP contribution in [0.1, 0.15) is 40.0 Å². The Balaban J connectivity index is 2.69. The van der Waals surface area contributed by atoms with Gasteiger partial charge in [-0.25, -0.2) is 0 Å². The molecule has 0 amide bonds. The molecule has 0 spiro atoms. The average molecular weight is 302 g/mol. The van der Waals surface area contributed by atoms with Gasteiger partial charge in [0, 0.05) is 45.0 Å². The highest BCUT2D eigenvalue weighted by atomic mass is 16.5. The molecule has 1 aliphatic rings. The summed E-state index contributed by atoms with van der Waals surface area (Å²) in [6, 6.07) is 0. The first-order valence-electron chi connectivity index (χ1n) is 8.44. The summed E-state index contributed by atoms with van der Waals surface area (Å²) in [5, 5.41) is 0. The predicted molar refractivity (Wildman–Crippen MR) is 85.6 cm³/mol. The largest absolute Gasteiger partial charge is 0.380 e. The van der Waals surface area contributed by atoms with Crippen LogP contribution in [0.4, 0.5) is 0 Å². The highest BCUT2D eigenvalue weighted by Gasteiger charge is 2.40. The standard InChI is InChI=1S/C16H34N2O3/c1-4-15-13-16(14-17,7-10-21-15)18(8-11-19-5-2)9-12-20-6-3/h15H,4-14,17H2,1-3H3. The predicted octanol–water partition coefficient (Wildman–Crippen LogP) is 1.65. The van der Waals surface area contributed by atoms with Crippen molar-refractivity contribution in [2.75, 3.05) is 52.7 Å². The minimum atomic E-state index is 0.0349. The lowest BCUT2D eigenvalue weighted by Crippen LogP contribution is -2.60. The number of nitrogens with two attached hydrogens (primary N) is 1. The van der Waals surface area contributed by atoms with Gasteiger partial charge < -0.3 is 19.9 Å². The summed E-state index contributed by atoms with van der Waals surface area (Å²) in [6.45, 7) is 12.6. The Kier molecular flexibility index (Phi) is 9.44. The van der Waals surface area contributed by atoms with E-state index in [1.165, 1.54) is 0 Å². The molecule has 0 saturated carbocycles. The molecule has 1 fully saturated rings. The van der Waals surface area contributed by atoms with Crippen molar-refractivity contribution in [3.63, 3.8) is 0 Å². The molecule has 2 unspecified atom stereocenters. The van der Waals surface area contributed by atoms with Crippen molar-refractivity contribution in [3.05, 3.63) is 0 Å². The van der Waals surface area contributed by atoms with Gasteiger partial charge in [0.15, 0.2) is 0 Å². The fraction of sp³-hybridized carbons (Fsp3) is 1.00. The molecule has 0 aromatic heterocycles. The van der Waals surface area contributed by atoms with Crippen molar-refractivity contribution in [1.82, 2.24) is 4.90 Å². The number of hydrogen-bond acceptors (Lipinski definition) is 5. The molecule has 0 aromatic rings. The molecular weight excluding hydrogens is 268 g/mol. The van der Waals surface area contributed by atoms with E-state index in [-0.39, 0.29) is 5.54 Å². The van der Waals surface area contributed by atoms with Gasteiger partial charge in [-0.1, -0.05) is 6.92 Å². The van der Waals surface area contributed by atoms with Crippen LogP contribution in [-0.2, 0) is 14.2 Å². The number of nitrogens with zero attached hydrogens (tertiary/aromatic N) is 1. The molecule has 0 aromatic carbocycles. The highest BCUT2D eigenvalue weighted by Crippen LogP contribution is 2.31. The van der Waals surface area contributed by atoms with Crippen LogP contribution in [-0.4, -0.2) is 69.2 Å². The number of hydrogen-bond donors (Lipinski definition) is 1. The third kappa shape index (κ3) is 5.83. The molecule has 2 N–H and O–H groups in total. The molecule has 2 atom stereocenters. The van der Waals surface area contributed by atoms with E-state index in [2.05, 4.69) is 11.8 Å². The van der Waals surface area contributed by atoms with Crippen LogP contribution in [0, 0.1) is 0 Å². The fourth-order valence-corrected chi connectivity index (χ4v) is 3.09. The SMILES string of the molecule is CCOCCN(CCOCC)C1(CN)CCOC(CC)C1. The lowest BCUT2D eigenvalue weighted by molar-refractivity contribution is -0.0822. The summed E-state index contributed by atoms with van der Waals surface area (Å²) in [5.74, 6) is 0. The topological polar surface area (TPSA) is 57.0 Å². The highest BCUT2D eigenvalue weighted by molar-refractivity contribution is 4.96. The molecule has 0 radical (unpaired) electrons. The van der Waals surface area contributed by atoms with E-state index in [1.807, 2.05) is 13.8 Å². The zero-order valence-electron chi connectivity index (χ0n) is 14.1. The van der Waals surface area contributed by atoms with Gasteiger partial charge in [-0.2, -0.15) is 0 Å². The zero-order chi connectivity index (χ0) is 15.6. The Morgan fingerprint density at radius 3 is 2.24 bits per heavy atom. The fourth-order valence-electron chi connectivity index (χ4n) is 3.09. The van der Waals surface area contributed by atoms with Crippen LogP contribution in [0.5, 0.6) is 0 Å². The van der Waals surface area contributed by atoms with E-state index in [4.69, 9.17) is 19.9 Å². The van der Waals surface area contributed by atoms with Crippen LogP contribution in [0.15, 0.2) is 0 Å². The van der Waals surface area contributed by atoms with Gasteiger partial charge in [0.2, 0.25) is 0 Å². The van der Waals surface area contributed by atoms with Crippen LogP contribution in [0.25, 0.3) is 0 Å². The van der Waals surface area contributed by atoms with E-state index in [9.17, 15) is 0 Å². The van der Waals surface area contributed by atoms with Crippen molar-refractivity contribution in [2.45, 2.75) is 51.7 Å². The van der Waals surface area contributed by atoms with Crippen LogP contribution < -0.4 is 5.73 Å². The number of rotatable bonds is 11. The Hall–Kier alpha value is -0.200. The van der Waals surface area contributed by atoms with Crippen LogP contribution in [0.2, 0.25) is 0 Å². The van der Waals surface area contributed by atoms with Crippen LogP contribution >= 0.6 is 0 Å². The zero-order valence-corrected chi connectivity index (χ0v) is 14.1. The van der Waals surface area contributed by atoms with E-state index in [0.717, 1.165) is 65.4 Å². The van der Waals surface area contributed by atoms with Crippen LogP contribution in [0.3, 0.4) is 0 Å². The molecule has 21 heavy (non-hydrogen) atoms. The minimum Gasteiger partial charge on any atom is -0.380 e. The molecule has 1 rings (SSSR count). The van der Waals surface area contributed by atoms with Gasteiger partial charge in [0.1, 0.15) is 0 Å². The molecule has 0 bridgehead atoms. The van der Waals surface area contributed by atoms with E-state index < -0.39 is 0 Å². The van der Waals surface area contributed by atoms with Gasteiger partial charge in [0.25, 0.3) is 0 Å². The number of ether oxygens (including phenoxy) is 3. The first-order valence-corrected chi connectivity index (χ1v) is 8.44. The van der Waals surface area contributed by atoms with Gasteiger partial charge in [0.05, 0.1) is 19.3 Å².